The van der Waals surface area contributed by atoms with Gasteiger partial charge in [-0.15, -0.1) is 4.91 Å². The Morgan fingerprint density at radius 1 is 1.09 bits per heavy atom. The quantitative estimate of drug-likeness (QED) is 0.338. The molecule has 3 aromatic rings. The molecule has 0 aliphatic carbocycles. The molecule has 0 aliphatic heterocycles. The highest BCUT2D eigenvalue weighted by Crippen LogP contribution is 2.22. The topological polar surface area (TPSA) is 110 Å². The van der Waals surface area contributed by atoms with Crippen LogP contribution in [0.1, 0.15) is 11.3 Å². The van der Waals surface area contributed by atoms with Gasteiger partial charge in [-0.25, -0.2) is 0 Å². The van der Waals surface area contributed by atoms with Crippen LogP contribution in [0.2, 0.25) is 0 Å². The molecular weight excluding hydrogens is 294 g/mol. The molecule has 3 rings (SSSR count). The summed E-state index contributed by atoms with van der Waals surface area (Å²) in [7, 11) is 0. The van der Waals surface area contributed by atoms with E-state index >= 15 is 0 Å². The summed E-state index contributed by atoms with van der Waals surface area (Å²) < 4.78 is 1.62. The summed E-state index contributed by atoms with van der Waals surface area (Å²) in [5.74, 6) is -0.822. The first-order valence-electron chi connectivity index (χ1n) is 6.98. The van der Waals surface area contributed by atoms with Crippen LogP contribution in [0.3, 0.4) is 0 Å². The van der Waals surface area contributed by atoms with Crippen LogP contribution in [0.4, 0.5) is 0 Å². The summed E-state index contributed by atoms with van der Waals surface area (Å²) in [4.78, 5) is 10.7. The predicted octanol–water partition coefficient (Wildman–Crippen LogP) is 3.27. The first-order chi connectivity index (χ1) is 11.2. The predicted molar refractivity (Wildman–Crippen MR) is 88.1 cm³/mol. The molecule has 0 spiro atoms. The van der Waals surface area contributed by atoms with E-state index in [0.29, 0.717) is 12.1 Å². The summed E-state index contributed by atoms with van der Waals surface area (Å²) >= 11 is 0. The first-order valence-corrected chi connectivity index (χ1v) is 6.98. The molecule has 1 aromatic heterocycles. The Hall–Kier alpha value is -3.35. The lowest BCUT2D eigenvalue weighted by molar-refractivity contribution is 0.421. The Morgan fingerprint density at radius 3 is 2.52 bits per heavy atom. The van der Waals surface area contributed by atoms with Crippen LogP contribution in [-0.4, -0.2) is 25.7 Å². The van der Waals surface area contributed by atoms with Crippen molar-refractivity contribution in [2.75, 3.05) is 0 Å². The molecule has 7 heteroatoms. The van der Waals surface area contributed by atoms with Gasteiger partial charge in [0.1, 0.15) is 0 Å². The van der Waals surface area contributed by atoms with Gasteiger partial charge in [0, 0.05) is 0 Å². The number of nitroso groups, excluding NO2 is 1. The van der Waals surface area contributed by atoms with Gasteiger partial charge >= 0.3 is 0 Å². The Kier molecular flexibility index (Phi) is 3.92. The minimum Gasteiger partial charge on any atom is -0.493 e. The van der Waals surface area contributed by atoms with E-state index in [9.17, 15) is 10.0 Å². The SMILES string of the molecule is N=C(N=O)c1[nH][nH]c2ccccc2n(Cc2ccccc2)c1O. The van der Waals surface area contributed by atoms with Crippen LogP contribution < -0.4 is 0 Å². The van der Waals surface area contributed by atoms with E-state index in [1.54, 1.807) is 4.57 Å². The van der Waals surface area contributed by atoms with E-state index in [2.05, 4.69) is 15.4 Å². The number of amidine groups is 1. The highest BCUT2D eigenvalue weighted by Gasteiger charge is 2.14. The fraction of sp³-hybridized carbons (Fsp3) is 0.0625. The minimum atomic E-state index is -0.583. The third-order valence-electron chi connectivity index (χ3n) is 3.51. The van der Waals surface area contributed by atoms with Crippen LogP contribution in [0.5, 0.6) is 5.88 Å². The Morgan fingerprint density at radius 2 is 1.78 bits per heavy atom. The van der Waals surface area contributed by atoms with E-state index < -0.39 is 5.84 Å². The number of aromatic amines is 2. The van der Waals surface area contributed by atoms with Crippen molar-refractivity contribution >= 4 is 16.9 Å². The highest BCUT2D eigenvalue weighted by atomic mass is 16.3. The Bertz CT molecular complexity index is 903. The number of hydrogen-bond acceptors (Lipinski definition) is 3. The van der Waals surface area contributed by atoms with Gasteiger partial charge in [0.25, 0.3) is 0 Å². The van der Waals surface area contributed by atoms with Gasteiger partial charge in [0.15, 0.2) is 5.69 Å². The maximum absolute atomic E-state index is 10.7. The summed E-state index contributed by atoms with van der Waals surface area (Å²) in [5.41, 5.74) is 2.33. The molecule has 23 heavy (non-hydrogen) atoms. The number of rotatable bonds is 3. The first kappa shape index (κ1) is 14.6. The van der Waals surface area contributed by atoms with Crippen molar-refractivity contribution in [3.63, 3.8) is 0 Å². The number of hydrogen-bond donors (Lipinski definition) is 4. The normalized spacial score (nSPS) is 10.4. The molecule has 0 amide bonds. The van der Waals surface area contributed by atoms with Crippen molar-refractivity contribution in [2.45, 2.75) is 6.54 Å². The van der Waals surface area contributed by atoms with Gasteiger partial charge in [0.05, 0.1) is 17.6 Å². The molecule has 1 heterocycles. The van der Waals surface area contributed by atoms with Crippen molar-refractivity contribution in [1.82, 2.24) is 14.8 Å². The highest BCUT2D eigenvalue weighted by molar-refractivity contribution is 5.97. The number of aromatic nitrogens is 3. The van der Waals surface area contributed by atoms with Crippen molar-refractivity contribution in [1.29, 1.82) is 5.41 Å². The molecule has 0 atom stereocenters. The molecule has 0 unspecified atom stereocenters. The van der Waals surface area contributed by atoms with E-state index in [1.807, 2.05) is 54.6 Å². The number of benzene rings is 2. The summed E-state index contributed by atoms with van der Waals surface area (Å²) in [6, 6.07) is 17.0. The zero-order valence-corrected chi connectivity index (χ0v) is 12.2. The van der Waals surface area contributed by atoms with Crippen LogP contribution in [0.15, 0.2) is 59.8 Å². The van der Waals surface area contributed by atoms with Gasteiger partial charge in [-0.2, -0.15) is 0 Å². The molecule has 0 radical (unpaired) electrons. The molecule has 2 aromatic carbocycles. The number of nitrogens with zero attached hydrogens (tertiary/aromatic N) is 2. The lowest BCUT2D eigenvalue weighted by Crippen LogP contribution is -2.05. The molecule has 0 bridgehead atoms. The van der Waals surface area contributed by atoms with E-state index in [1.165, 1.54) is 0 Å². The van der Waals surface area contributed by atoms with Gasteiger partial charge in [0.2, 0.25) is 11.7 Å². The average molecular weight is 309 g/mol. The smallest absolute Gasteiger partial charge is 0.221 e. The zero-order valence-electron chi connectivity index (χ0n) is 12.2. The standard InChI is InChI=1S/C16H15N5O2/c17-15(20-23)14-16(22)21(10-11-6-2-1-3-7-11)13-9-5-4-8-12(13)18-19-14/h1-9,17-19,22H,10H2. The lowest BCUT2D eigenvalue weighted by Gasteiger charge is -2.11. The molecule has 4 N–H and O–H groups in total. The van der Waals surface area contributed by atoms with Crippen molar-refractivity contribution in [2.24, 2.45) is 5.18 Å². The molecule has 0 saturated carbocycles. The number of H-pyrrole nitrogens is 2. The van der Waals surface area contributed by atoms with Crippen LogP contribution in [0.25, 0.3) is 11.0 Å². The van der Waals surface area contributed by atoms with Gasteiger partial charge < -0.3 is 9.67 Å². The van der Waals surface area contributed by atoms with E-state index in [0.717, 1.165) is 11.1 Å². The van der Waals surface area contributed by atoms with Gasteiger partial charge in [-0.05, 0) is 22.9 Å². The lowest BCUT2D eigenvalue weighted by atomic mass is 10.2. The van der Waals surface area contributed by atoms with E-state index in [4.69, 9.17) is 5.41 Å². The summed E-state index contributed by atoms with van der Waals surface area (Å²) in [6.07, 6.45) is 0. The van der Waals surface area contributed by atoms with Crippen LogP contribution >= 0.6 is 0 Å². The average Bonchev–Trinajstić information content (AvgIpc) is 2.73. The maximum Gasteiger partial charge on any atom is 0.221 e. The minimum absolute atomic E-state index is 0.0767. The largest absolute Gasteiger partial charge is 0.493 e. The van der Waals surface area contributed by atoms with Crippen LogP contribution in [-0.2, 0) is 6.54 Å². The Labute approximate surface area is 131 Å². The number of para-hydroxylation sites is 2. The zero-order chi connectivity index (χ0) is 16.2. The van der Waals surface area contributed by atoms with Crippen molar-refractivity contribution in [3.05, 3.63) is 70.8 Å². The van der Waals surface area contributed by atoms with Crippen molar-refractivity contribution in [3.8, 4) is 5.88 Å². The molecule has 0 saturated heterocycles. The second kappa shape index (κ2) is 6.18. The fourth-order valence-corrected chi connectivity index (χ4v) is 2.39. The second-order valence-electron chi connectivity index (χ2n) is 4.98. The number of aromatic hydroxyl groups is 1. The number of fused-ring (bicyclic) bond motifs is 1. The molecule has 116 valence electrons. The molecule has 7 nitrogen and oxygen atoms in total. The van der Waals surface area contributed by atoms with Gasteiger partial charge in [-0.3, -0.25) is 15.6 Å². The monoisotopic (exact) mass is 309 g/mol. The Balaban J connectivity index is 2.30. The maximum atomic E-state index is 10.7. The third-order valence-corrected chi connectivity index (χ3v) is 3.51. The second-order valence-corrected chi connectivity index (χ2v) is 4.98. The number of nitrogens with one attached hydrogen (secondary N) is 3. The van der Waals surface area contributed by atoms with Crippen molar-refractivity contribution < 1.29 is 5.11 Å². The summed E-state index contributed by atoms with van der Waals surface area (Å²) in [5, 5.41) is 26.3. The van der Waals surface area contributed by atoms with Crippen LogP contribution in [0, 0.1) is 10.3 Å². The fourth-order valence-electron chi connectivity index (χ4n) is 2.39. The molecule has 0 aliphatic rings. The molecule has 0 fully saturated rings. The summed E-state index contributed by atoms with van der Waals surface area (Å²) in [6.45, 7) is 0.378. The third kappa shape index (κ3) is 2.84. The molecular formula is C16H15N5O2. The van der Waals surface area contributed by atoms with Gasteiger partial charge in [-0.1, -0.05) is 42.5 Å². The van der Waals surface area contributed by atoms with E-state index in [-0.39, 0.29) is 11.6 Å².